The van der Waals surface area contributed by atoms with E-state index >= 15 is 0 Å². The molecule has 140 valence electrons. The summed E-state index contributed by atoms with van der Waals surface area (Å²) in [5.74, 6) is 1.52. The highest BCUT2D eigenvalue weighted by Gasteiger charge is 2.27. The normalized spacial score (nSPS) is 16.0. The topological polar surface area (TPSA) is 38.8 Å². The van der Waals surface area contributed by atoms with Crippen LogP contribution in [0.25, 0.3) is 0 Å². The number of hydrogen-bond donors (Lipinski definition) is 0. The maximum atomic E-state index is 12.1. The van der Waals surface area contributed by atoms with E-state index in [0.29, 0.717) is 5.92 Å². The Hall–Kier alpha value is -1.23. The maximum absolute atomic E-state index is 12.1. The van der Waals surface area contributed by atoms with E-state index in [-0.39, 0.29) is 6.09 Å². The molecule has 0 unspecified atom stereocenters. The Labute approximate surface area is 160 Å². The average molecular weight is 412 g/mol. The SMILES string of the molecule is CCCOc1cc(Br)cc(CC2CCN(C(=O)OC(C)(C)C)CC2)c1. The van der Waals surface area contributed by atoms with E-state index in [0.717, 1.165) is 55.6 Å². The second-order valence-electron chi connectivity index (χ2n) is 7.76. The smallest absolute Gasteiger partial charge is 0.410 e. The summed E-state index contributed by atoms with van der Waals surface area (Å²) in [5, 5.41) is 0. The molecule has 4 nitrogen and oxygen atoms in total. The molecule has 0 saturated carbocycles. The highest BCUT2D eigenvalue weighted by molar-refractivity contribution is 9.10. The van der Waals surface area contributed by atoms with Crippen molar-refractivity contribution in [3.63, 3.8) is 0 Å². The Balaban J connectivity index is 1.87. The van der Waals surface area contributed by atoms with E-state index in [2.05, 4.69) is 35.0 Å². The van der Waals surface area contributed by atoms with E-state index in [4.69, 9.17) is 9.47 Å². The van der Waals surface area contributed by atoms with Gasteiger partial charge < -0.3 is 14.4 Å². The van der Waals surface area contributed by atoms with Gasteiger partial charge in [0.25, 0.3) is 0 Å². The summed E-state index contributed by atoms with van der Waals surface area (Å²) in [6.07, 6.45) is 3.85. The van der Waals surface area contributed by atoms with Gasteiger partial charge in [-0.05, 0) is 76.1 Å². The van der Waals surface area contributed by atoms with Crippen molar-refractivity contribution in [2.24, 2.45) is 5.92 Å². The lowest BCUT2D eigenvalue weighted by atomic mass is 9.90. The molecule has 0 aliphatic carbocycles. The Kier molecular flexibility index (Phi) is 7.17. The van der Waals surface area contributed by atoms with E-state index in [1.54, 1.807) is 0 Å². The molecule has 0 N–H and O–H groups in total. The molecule has 0 radical (unpaired) electrons. The second-order valence-corrected chi connectivity index (χ2v) is 8.67. The minimum atomic E-state index is -0.431. The molecule has 1 aliphatic rings. The van der Waals surface area contributed by atoms with Crippen LogP contribution >= 0.6 is 15.9 Å². The Morgan fingerprint density at radius 2 is 1.92 bits per heavy atom. The summed E-state index contributed by atoms with van der Waals surface area (Å²) in [6.45, 7) is 10.1. The van der Waals surface area contributed by atoms with Crippen molar-refractivity contribution < 1.29 is 14.3 Å². The third-order valence-corrected chi connectivity index (χ3v) is 4.65. The van der Waals surface area contributed by atoms with Gasteiger partial charge in [-0.1, -0.05) is 22.9 Å². The highest BCUT2D eigenvalue weighted by Crippen LogP contribution is 2.27. The molecule has 1 aromatic rings. The first kappa shape index (κ1) is 20.1. The van der Waals surface area contributed by atoms with E-state index in [9.17, 15) is 4.79 Å². The number of likely N-dealkylation sites (tertiary alicyclic amines) is 1. The second kappa shape index (κ2) is 8.93. The van der Waals surface area contributed by atoms with Gasteiger partial charge in [0.05, 0.1) is 6.61 Å². The molecule has 1 amide bonds. The number of halogens is 1. The summed E-state index contributed by atoms with van der Waals surface area (Å²) < 4.78 is 12.3. The van der Waals surface area contributed by atoms with Gasteiger partial charge in [0.2, 0.25) is 0 Å². The molecule has 1 heterocycles. The lowest BCUT2D eigenvalue weighted by Gasteiger charge is -2.33. The number of hydrogen-bond acceptors (Lipinski definition) is 3. The van der Waals surface area contributed by atoms with Gasteiger partial charge in [0.15, 0.2) is 0 Å². The van der Waals surface area contributed by atoms with E-state index in [1.165, 1.54) is 5.56 Å². The van der Waals surface area contributed by atoms with E-state index < -0.39 is 5.60 Å². The predicted octanol–water partition coefficient (Wildman–Crippen LogP) is 5.43. The molecular formula is C20H30BrNO3. The van der Waals surface area contributed by atoms with Crippen LogP contribution in [-0.4, -0.2) is 36.3 Å². The number of nitrogens with zero attached hydrogens (tertiary/aromatic N) is 1. The number of carbonyl (C=O) groups is 1. The van der Waals surface area contributed by atoms with Gasteiger partial charge >= 0.3 is 6.09 Å². The minimum absolute atomic E-state index is 0.191. The van der Waals surface area contributed by atoms with Crippen molar-refractivity contribution in [3.8, 4) is 5.75 Å². The first-order valence-corrected chi connectivity index (χ1v) is 9.96. The summed E-state index contributed by atoms with van der Waals surface area (Å²) in [5.41, 5.74) is 0.857. The number of ether oxygens (including phenoxy) is 2. The Morgan fingerprint density at radius 3 is 2.52 bits per heavy atom. The number of piperidine rings is 1. The van der Waals surface area contributed by atoms with Crippen LogP contribution in [-0.2, 0) is 11.2 Å². The fourth-order valence-electron chi connectivity index (χ4n) is 3.02. The van der Waals surface area contributed by atoms with Crippen molar-refractivity contribution in [3.05, 3.63) is 28.2 Å². The van der Waals surface area contributed by atoms with Gasteiger partial charge in [0.1, 0.15) is 11.4 Å². The van der Waals surface area contributed by atoms with Gasteiger partial charge in [-0.25, -0.2) is 4.79 Å². The van der Waals surface area contributed by atoms with Crippen LogP contribution in [0.15, 0.2) is 22.7 Å². The first-order chi connectivity index (χ1) is 11.8. The van der Waals surface area contributed by atoms with Gasteiger partial charge in [-0.3, -0.25) is 0 Å². The molecule has 0 bridgehead atoms. The zero-order chi connectivity index (χ0) is 18.4. The molecule has 0 spiro atoms. The Morgan fingerprint density at radius 1 is 1.24 bits per heavy atom. The molecule has 1 aromatic carbocycles. The highest BCUT2D eigenvalue weighted by atomic mass is 79.9. The van der Waals surface area contributed by atoms with Crippen molar-refractivity contribution in [2.45, 2.75) is 59.0 Å². The van der Waals surface area contributed by atoms with Gasteiger partial charge in [-0.15, -0.1) is 0 Å². The van der Waals surface area contributed by atoms with Crippen LogP contribution in [0.4, 0.5) is 4.79 Å². The summed E-state index contributed by atoms with van der Waals surface area (Å²) in [6, 6.07) is 6.32. The summed E-state index contributed by atoms with van der Waals surface area (Å²) >= 11 is 3.58. The standard InChI is InChI=1S/C20H30BrNO3/c1-5-10-24-18-13-16(12-17(21)14-18)11-15-6-8-22(9-7-15)19(23)25-20(2,3)4/h12-15H,5-11H2,1-4H3. The molecule has 1 saturated heterocycles. The van der Waals surface area contributed by atoms with Crippen LogP contribution in [0, 0.1) is 5.92 Å². The zero-order valence-corrected chi connectivity index (χ0v) is 17.4. The predicted molar refractivity (Wildman–Crippen MR) is 104 cm³/mol. The van der Waals surface area contributed by atoms with Crippen molar-refractivity contribution in [2.75, 3.05) is 19.7 Å². The fourth-order valence-corrected chi connectivity index (χ4v) is 3.54. The van der Waals surface area contributed by atoms with Crippen LogP contribution in [0.5, 0.6) is 5.75 Å². The zero-order valence-electron chi connectivity index (χ0n) is 15.8. The molecule has 0 atom stereocenters. The molecule has 0 aromatic heterocycles. The molecule has 2 rings (SSSR count). The van der Waals surface area contributed by atoms with Crippen LogP contribution in [0.1, 0.15) is 52.5 Å². The molecule has 1 fully saturated rings. The van der Waals surface area contributed by atoms with Gasteiger partial charge in [-0.2, -0.15) is 0 Å². The minimum Gasteiger partial charge on any atom is -0.494 e. The molecule has 1 aliphatic heterocycles. The van der Waals surface area contributed by atoms with Crippen molar-refractivity contribution >= 4 is 22.0 Å². The third kappa shape index (κ3) is 6.89. The quantitative estimate of drug-likeness (QED) is 0.648. The van der Waals surface area contributed by atoms with E-state index in [1.807, 2.05) is 31.7 Å². The molecular weight excluding hydrogens is 382 g/mol. The summed E-state index contributed by atoms with van der Waals surface area (Å²) in [7, 11) is 0. The van der Waals surface area contributed by atoms with Crippen LogP contribution in [0.3, 0.4) is 0 Å². The average Bonchev–Trinajstić information content (AvgIpc) is 2.51. The Bertz CT molecular complexity index is 575. The first-order valence-electron chi connectivity index (χ1n) is 9.17. The number of carbonyl (C=O) groups excluding carboxylic acids is 1. The number of rotatable bonds is 5. The fraction of sp³-hybridized carbons (Fsp3) is 0.650. The monoisotopic (exact) mass is 411 g/mol. The van der Waals surface area contributed by atoms with Crippen molar-refractivity contribution in [1.29, 1.82) is 0 Å². The summed E-state index contributed by atoms with van der Waals surface area (Å²) in [4.78, 5) is 14.0. The number of amides is 1. The molecule has 5 heteroatoms. The molecule has 25 heavy (non-hydrogen) atoms. The van der Waals surface area contributed by atoms with Crippen LogP contribution in [0.2, 0.25) is 0 Å². The van der Waals surface area contributed by atoms with Crippen LogP contribution < -0.4 is 4.74 Å². The number of benzene rings is 1. The largest absolute Gasteiger partial charge is 0.494 e. The lowest BCUT2D eigenvalue weighted by Crippen LogP contribution is -2.42. The van der Waals surface area contributed by atoms with Gasteiger partial charge in [0, 0.05) is 17.6 Å². The maximum Gasteiger partial charge on any atom is 0.410 e. The third-order valence-electron chi connectivity index (χ3n) is 4.19. The lowest BCUT2D eigenvalue weighted by molar-refractivity contribution is 0.0184. The van der Waals surface area contributed by atoms with Crippen molar-refractivity contribution in [1.82, 2.24) is 4.90 Å².